The minimum atomic E-state index is -0.0742. The molecule has 1 unspecified atom stereocenters. The third-order valence-electron chi connectivity index (χ3n) is 4.24. The Balaban J connectivity index is 1.57. The number of rotatable bonds is 3. The zero-order chi connectivity index (χ0) is 16.5. The number of amides is 1. The van der Waals surface area contributed by atoms with Crippen LogP contribution < -0.4 is 0 Å². The summed E-state index contributed by atoms with van der Waals surface area (Å²) in [6, 6.07) is 13.2. The van der Waals surface area contributed by atoms with E-state index in [0.29, 0.717) is 16.5 Å². The Morgan fingerprint density at radius 2 is 2.12 bits per heavy atom. The van der Waals surface area contributed by atoms with Crippen molar-refractivity contribution in [3.05, 3.63) is 63.4 Å². The van der Waals surface area contributed by atoms with E-state index in [4.69, 9.17) is 16.1 Å². The highest BCUT2D eigenvalue weighted by atomic mass is 35.5. The van der Waals surface area contributed by atoms with Gasteiger partial charge >= 0.3 is 0 Å². The number of benzene rings is 1. The largest absolute Gasteiger partial charge is 0.355 e. The van der Waals surface area contributed by atoms with Crippen molar-refractivity contribution in [1.82, 2.24) is 10.1 Å². The van der Waals surface area contributed by atoms with Gasteiger partial charge in [-0.3, -0.25) is 4.79 Å². The summed E-state index contributed by atoms with van der Waals surface area (Å²) in [6.45, 7) is 0.755. The topological polar surface area (TPSA) is 46.3 Å². The smallest absolute Gasteiger partial charge is 0.276 e. The van der Waals surface area contributed by atoms with Crippen molar-refractivity contribution in [3.63, 3.8) is 0 Å². The van der Waals surface area contributed by atoms with Gasteiger partial charge in [0, 0.05) is 28.1 Å². The molecule has 1 aliphatic heterocycles. The van der Waals surface area contributed by atoms with E-state index in [1.54, 1.807) is 29.5 Å². The number of halogens is 1. The second-order valence-corrected chi connectivity index (χ2v) is 7.17. The van der Waals surface area contributed by atoms with Gasteiger partial charge in [0.15, 0.2) is 11.5 Å². The summed E-state index contributed by atoms with van der Waals surface area (Å²) < 4.78 is 5.36. The van der Waals surface area contributed by atoms with E-state index in [1.165, 1.54) is 4.88 Å². The number of aromatic nitrogens is 1. The predicted molar refractivity (Wildman–Crippen MR) is 94.3 cm³/mol. The lowest BCUT2D eigenvalue weighted by molar-refractivity contribution is 0.0727. The number of hydrogen-bond acceptors (Lipinski definition) is 4. The number of thiophene rings is 1. The second-order valence-electron chi connectivity index (χ2n) is 5.76. The summed E-state index contributed by atoms with van der Waals surface area (Å²) in [5, 5.41) is 6.68. The fourth-order valence-electron chi connectivity index (χ4n) is 3.06. The average Bonchev–Trinajstić information content (AvgIpc) is 3.34. The molecule has 4 rings (SSSR count). The molecule has 0 spiro atoms. The molecule has 0 bridgehead atoms. The number of likely N-dealkylation sites (tertiary alicyclic amines) is 1. The SMILES string of the molecule is O=C(c1cc(-c2ccc(Cl)cc2)on1)N1CCCC1c1cccs1. The second kappa shape index (κ2) is 6.42. The number of hydrogen-bond donors (Lipinski definition) is 0. The number of carbonyl (C=O) groups excluding carboxylic acids is 1. The molecule has 0 aliphatic carbocycles. The van der Waals surface area contributed by atoms with Gasteiger partial charge in [-0.15, -0.1) is 11.3 Å². The standard InChI is InChI=1S/C18H15ClN2O2S/c19-13-7-5-12(6-8-13)16-11-14(20-23-16)18(22)21-9-1-3-15(21)17-4-2-10-24-17/h2,4-8,10-11,15H,1,3,9H2. The first kappa shape index (κ1) is 15.4. The third-order valence-corrected chi connectivity index (χ3v) is 5.47. The monoisotopic (exact) mass is 358 g/mol. The zero-order valence-electron chi connectivity index (χ0n) is 12.8. The minimum absolute atomic E-state index is 0.0742. The van der Waals surface area contributed by atoms with Crippen LogP contribution in [-0.2, 0) is 0 Å². The van der Waals surface area contributed by atoms with Crippen molar-refractivity contribution in [3.8, 4) is 11.3 Å². The first-order chi connectivity index (χ1) is 11.7. The summed E-state index contributed by atoms with van der Waals surface area (Å²) in [5.41, 5.74) is 1.20. The fraction of sp³-hybridized carbons (Fsp3) is 0.222. The summed E-state index contributed by atoms with van der Waals surface area (Å²) >= 11 is 7.59. The Hall–Kier alpha value is -2.11. The van der Waals surface area contributed by atoms with Crippen LogP contribution in [0, 0.1) is 0 Å². The first-order valence-corrected chi connectivity index (χ1v) is 9.05. The quantitative estimate of drug-likeness (QED) is 0.659. The molecular weight excluding hydrogens is 344 g/mol. The van der Waals surface area contributed by atoms with Crippen LogP contribution in [0.1, 0.15) is 34.2 Å². The van der Waals surface area contributed by atoms with Crippen LogP contribution in [0.15, 0.2) is 52.4 Å². The lowest BCUT2D eigenvalue weighted by Gasteiger charge is -2.22. The summed E-state index contributed by atoms with van der Waals surface area (Å²) in [4.78, 5) is 16.0. The van der Waals surface area contributed by atoms with Crippen LogP contribution in [0.25, 0.3) is 11.3 Å². The molecule has 4 nitrogen and oxygen atoms in total. The van der Waals surface area contributed by atoms with E-state index in [0.717, 1.165) is 24.9 Å². The average molecular weight is 359 g/mol. The van der Waals surface area contributed by atoms with Crippen molar-refractivity contribution in [2.75, 3.05) is 6.54 Å². The van der Waals surface area contributed by atoms with Crippen LogP contribution in [-0.4, -0.2) is 22.5 Å². The zero-order valence-corrected chi connectivity index (χ0v) is 14.4. The molecule has 24 heavy (non-hydrogen) atoms. The fourth-order valence-corrected chi connectivity index (χ4v) is 4.06. The highest BCUT2D eigenvalue weighted by Gasteiger charge is 2.32. The maximum absolute atomic E-state index is 12.8. The van der Waals surface area contributed by atoms with E-state index >= 15 is 0 Å². The predicted octanol–water partition coefficient (Wildman–Crippen LogP) is 5.03. The molecule has 3 heterocycles. The van der Waals surface area contributed by atoms with Crippen LogP contribution in [0.5, 0.6) is 0 Å². The molecule has 6 heteroatoms. The van der Waals surface area contributed by atoms with Crippen molar-refractivity contribution in [2.45, 2.75) is 18.9 Å². The molecule has 1 aromatic carbocycles. The van der Waals surface area contributed by atoms with Crippen molar-refractivity contribution in [2.24, 2.45) is 0 Å². The normalized spacial score (nSPS) is 17.4. The van der Waals surface area contributed by atoms with E-state index < -0.39 is 0 Å². The van der Waals surface area contributed by atoms with Gasteiger partial charge < -0.3 is 9.42 Å². The molecule has 0 N–H and O–H groups in total. The molecular formula is C18H15ClN2O2S. The van der Waals surface area contributed by atoms with Crippen LogP contribution in [0.3, 0.4) is 0 Å². The van der Waals surface area contributed by atoms with Gasteiger partial charge in [0.1, 0.15) is 0 Å². The highest BCUT2D eigenvalue weighted by molar-refractivity contribution is 7.10. The van der Waals surface area contributed by atoms with E-state index in [-0.39, 0.29) is 11.9 Å². The maximum Gasteiger partial charge on any atom is 0.276 e. The maximum atomic E-state index is 12.8. The van der Waals surface area contributed by atoms with Crippen LogP contribution >= 0.6 is 22.9 Å². The molecule has 3 aromatic rings. The molecule has 1 aliphatic rings. The third kappa shape index (κ3) is 2.85. The van der Waals surface area contributed by atoms with Gasteiger partial charge in [-0.25, -0.2) is 0 Å². The summed E-state index contributed by atoms with van der Waals surface area (Å²) in [6.07, 6.45) is 2.00. The molecule has 0 radical (unpaired) electrons. The van der Waals surface area contributed by atoms with Gasteiger partial charge in [0.2, 0.25) is 0 Å². The Labute approximate surface area is 148 Å². The minimum Gasteiger partial charge on any atom is -0.355 e. The number of carbonyl (C=O) groups is 1. The van der Waals surface area contributed by atoms with Gasteiger partial charge in [0.25, 0.3) is 5.91 Å². The first-order valence-electron chi connectivity index (χ1n) is 7.79. The lowest BCUT2D eigenvalue weighted by atomic mass is 10.1. The van der Waals surface area contributed by atoms with Crippen LogP contribution in [0.2, 0.25) is 5.02 Å². The molecule has 2 aromatic heterocycles. The van der Waals surface area contributed by atoms with Gasteiger partial charge in [-0.05, 0) is 48.6 Å². The molecule has 1 fully saturated rings. The lowest BCUT2D eigenvalue weighted by Crippen LogP contribution is -2.30. The Morgan fingerprint density at radius 1 is 1.29 bits per heavy atom. The molecule has 1 atom stereocenters. The van der Waals surface area contributed by atoms with Crippen molar-refractivity contribution in [1.29, 1.82) is 0 Å². The summed E-state index contributed by atoms with van der Waals surface area (Å²) in [5.74, 6) is 0.497. The summed E-state index contributed by atoms with van der Waals surface area (Å²) in [7, 11) is 0. The molecule has 122 valence electrons. The van der Waals surface area contributed by atoms with Gasteiger partial charge in [0.05, 0.1) is 6.04 Å². The molecule has 1 saturated heterocycles. The van der Waals surface area contributed by atoms with Crippen molar-refractivity contribution < 1.29 is 9.32 Å². The van der Waals surface area contributed by atoms with E-state index in [2.05, 4.69) is 11.2 Å². The number of nitrogens with zero attached hydrogens (tertiary/aromatic N) is 2. The Kier molecular flexibility index (Phi) is 4.12. The van der Waals surface area contributed by atoms with Gasteiger partial charge in [-0.1, -0.05) is 22.8 Å². The molecule has 0 saturated carbocycles. The van der Waals surface area contributed by atoms with Crippen molar-refractivity contribution >= 4 is 28.8 Å². The molecule has 1 amide bonds. The van der Waals surface area contributed by atoms with Crippen LogP contribution in [0.4, 0.5) is 0 Å². The highest BCUT2D eigenvalue weighted by Crippen LogP contribution is 2.35. The van der Waals surface area contributed by atoms with E-state index in [1.807, 2.05) is 28.5 Å². The Morgan fingerprint density at radius 3 is 2.88 bits per heavy atom. The van der Waals surface area contributed by atoms with E-state index in [9.17, 15) is 4.79 Å². The Bertz CT molecular complexity index is 842. The van der Waals surface area contributed by atoms with Gasteiger partial charge in [-0.2, -0.15) is 0 Å².